The fourth-order valence-electron chi connectivity index (χ4n) is 2.32. The topological polar surface area (TPSA) is 21.3 Å². The van der Waals surface area contributed by atoms with Gasteiger partial charge in [-0.25, -0.2) is 4.39 Å². The monoisotopic (exact) mass is 251 g/mol. The summed E-state index contributed by atoms with van der Waals surface area (Å²) in [6.07, 6.45) is 2.57. The predicted molar refractivity (Wildman–Crippen MR) is 71.2 cm³/mol. The molecule has 0 aliphatic heterocycles. The lowest BCUT2D eigenvalue weighted by Crippen LogP contribution is -2.29. The van der Waals surface area contributed by atoms with Gasteiger partial charge in [0.25, 0.3) is 0 Å². The highest BCUT2D eigenvalue weighted by Crippen LogP contribution is 2.27. The quantitative estimate of drug-likeness (QED) is 0.804. The number of hydrogen-bond acceptors (Lipinski definition) is 2. The first-order chi connectivity index (χ1) is 8.70. The molecule has 3 heteroatoms. The van der Waals surface area contributed by atoms with Crippen LogP contribution in [-0.2, 0) is 4.74 Å². The van der Waals surface area contributed by atoms with E-state index in [1.165, 1.54) is 18.4 Å². The summed E-state index contributed by atoms with van der Waals surface area (Å²) < 4.78 is 18.2. The maximum Gasteiger partial charge on any atom is 0.123 e. The summed E-state index contributed by atoms with van der Waals surface area (Å²) in [4.78, 5) is 0. The zero-order valence-corrected chi connectivity index (χ0v) is 11.2. The highest BCUT2D eigenvalue weighted by atomic mass is 19.1. The Morgan fingerprint density at radius 1 is 1.33 bits per heavy atom. The fourth-order valence-corrected chi connectivity index (χ4v) is 2.32. The molecular weight excluding hydrogens is 229 g/mol. The Bertz CT molecular complexity index is 361. The zero-order chi connectivity index (χ0) is 13.0. The summed E-state index contributed by atoms with van der Waals surface area (Å²) in [6.45, 7) is 3.86. The molecular formula is C15H22FNO. The van der Waals surface area contributed by atoms with Crippen LogP contribution in [0.25, 0.3) is 0 Å². The van der Waals surface area contributed by atoms with E-state index in [-0.39, 0.29) is 5.82 Å². The van der Waals surface area contributed by atoms with E-state index in [9.17, 15) is 4.39 Å². The first-order valence-corrected chi connectivity index (χ1v) is 6.68. The fraction of sp³-hybridized carbons (Fsp3) is 0.600. The zero-order valence-electron chi connectivity index (χ0n) is 11.2. The Morgan fingerprint density at radius 2 is 2.00 bits per heavy atom. The molecule has 0 spiro atoms. The smallest absolute Gasteiger partial charge is 0.123 e. The van der Waals surface area contributed by atoms with Gasteiger partial charge in [0.1, 0.15) is 5.82 Å². The van der Waals surface area contributed by atoms with Crippen molar-refractivity contribution in [3.8, 4) is 0 Å². The third-order valence-electron chi connectivity index (χ3n) is 3.62. The third-order valence-corrected chi connectivity index (χ3v) is 3.62. The van der Waals surface area contributed by atoms with Crippen molar-refractivity contribution in [1.82, 2.24) is 5.32 Å². The Kier molecular flexibility index (Phi) is 4.72. The van der Waals surface area contributed by atoms with Gasteiger partial charge in [-0.2, -0.15) is 0 Å². The van der Waals surface area contributed by atoms with E-state index < -0.39 is 0 Å². The van der Waals surface area contributed by atoms with Crippen LogP contribution in [0.15, 0.2) is 24.3 Å². The van der Waals surface area contributed by atoms with E-state index in [1.807, 2.05) is 12.1 Å². The van der Waals surface area contributed by atoms with E-state index >= 15 is 0 Å². The van der Waals surface area contributed by atoms with Crippen molar-refractivity contribution in [2.45, 2.75) is 31.7 Å². The number of benzene rings is 1. The van der Waals surface area contributed by atoms with Crippen molar-refractivity contribution < 1.29 is 9.13 Å². The minimum Gasteiger partial charge on any atom is -0.384 e. The van der Waals surface area contributed by atoms with Crippen LogP contribution in [-0.4, -0.2) is 26.3 Å². The van der Waals surface area contributed by atoms with Gasteiger partial charge in [-0.15, -0.1) is 0 Å². The van der Waals surface area contributed by atoms with E-state index in [0.29, 0.717) is 17.9 Å². The Morgan fingerprint density at radius 3 is 2.56 bits per heavy atom. The predicted octanol–water partition coefficient (Wildman–Crippen LogP) is 2.94. The molecule has 1 fully saturated rings. The molecule has 0 aromatic heterocycles. The molecule has 0 saturated heterocycles. The number of methoxy groups -OCH3 is 1. The number of nitrogens with one attached hydrogen (secondary N) is 1. The highest BCUT2D eigenvalue weighted by Gasteiger charge is 2.25. The molecule has 18 heavy (non-hydrogen) atoms. The molecule has 0 radical (unpaired) electrons. The molecule has 1 saturated carbocycles. The van der Waals surface area contributed by atoms with Crippen LogP contribution < -0.4 is 5.32 Å². The lowest BCUT2D eigenvalue weighted by atomic mass is 9.87. The van der Waals surface area contributed by atoms with E-state index in [4.69, 9.17) is 4.74 Å². The number of hydrogen-bond donors (Lipinski definition) is 1. The maximum atomic E-state index is 13.0. The molecule has 1 aromatic carbocycles. The van der Waals surface area contributed by atoms with Crippen LogP contribution in [0.2, 0.25) is 0 Å². The van der Waals surface area contributed by atoms with Crippen molar-refractivity contribution in [2.75, 3.05) is 20.3 Å². The molecule has 1 N–H and O–H groups in total. The third kappa shape index (κ3) is 3.79. The SMILES string of the molecule is COCC(C)C(CNC1CC1)c1ccc(F)cc1. The minimum atomic E-state index is -0.174. The summed E-state index contributed by atoms with van der Waals surface area (Å²) >= 11 is 0. The number of ether oxygens (including phenoxy) is 1. The standard InChI is InChI=1S/C15H22FNO/c1-11(10-18-2)15(9-17-14-7-8-14)12-3-5-13(16)6-4-12/h3-6,11,14-15,17H,7-10H2,1-2H3. The summed E-state index contributed by atoms with van der Waals surface area (Å²) in [7, 11) is 1.73. The molecule has 2 unspecified atom stereocenters. The Balaban J connectivity index is 2.03. The lowest BCUT2D eigenvalue weighted by molar-refractivity contribution is 0.146. The summed E-state index contributed by atoms with van der Waals surface area (Å²) in [5, 5.41) is 3.56. The number of rotatable bonds is 7. The average molecular weight is 251 g/mol. The van der Waals surface area contributed by atoms with Crippen molar-refractivity contribution >= 4 is 0 Å². The molecule has 1 aromatic rings. The number of halogens is 1. The van der Waals surface area contributed by atoms with Crippen LogP contribution in [0.1, 0.15) is 31.2 Å². The second-order valence-electron chi connectivity index (χ2n) is 5.27. The Labute approximate surface area is 109 Å². The molecule has 2 nitrogen and oxygen atoms in total. The van der Waals surface area contributed by atoms with Crippen LogP contribution >= 0.6 is 0 Å². The van der Waals surface area contributed by atoms with Gasteiger partial charge in [0, 0.05) is 32.2 Å². The second kappa shape index (κ2) is 6.30. The van der Waals surface area contributed by atoms with Gasteiger partial charge in [0.15, 0.2) is 0 Å². The van der Waals surface area contributed by atoms with Crippen LogP contribution in [0.3, 0.4) is 0 Å². The summed E-state index contributed by atoms with van der Waals surface area (Å²) in [6, 6.07) is 7.56. The second-order valence-corrected chi connectivity index (χ2v) is 5.27. The Hall–Kier alpha value is -0.930. The van der Waals surface area contributed by atoms with Gasteiger partial charge >= 0.3 is 0 Å². The van der Waals surface area contributed by atoms with Gasteiger partial charge < -0.3 is 10.1 Å². The van der Waals surface area contributed by atoms with Crippen molar-refractivity contribution in [3.63, 3.8) is 0 Å². The van der Waals surface area contributed by atoms with E-state index in [2.05, 4.69) is 12.2 Å². The van der Waals surface area contributed by atoms with Gasteiger partial charge in [-0.3, -0.25) is 0 Å². The van der Waals surface area contributed by atoms with Gasteiger partial charge in [0.2, 0.25) is 0 Å². The van der Waals surface area contributed by atoms with E-state index in [0.717, 1.165) is 13.2 Å². The molecule has 1 aliphatic carbocycles. The molecule has 2 atom stereocenters. The van der Waals surface area contributed by atoms with Gasteiger partial charge in [0.05, 0.1) is 0 Å². The molecule has 1 aliphatic rings. The van der Waals surface area contributed by atoms with Crippen molar-refractivity contribution in [3.05, 3.63) is 35.6 Å². The highest BCUT2D eigenvalue weighted by molar-refractivity contribution is 5.21. The van der Waals surface area contributed by atoms with Crippen molar-refractivity contribution in [2.24, 2.45) is 5.92 Å². The van der Waals surface area contributed by atoms with Gasteiger partial charge in [-0.05, 0) is 36.5 Å². The summed E-state index contributed by atoms with van der Waals surface area (Å²) in [5.41, 5.74) is 1.19. The minimum absolute atomic E-state index is 0.174. The van der Waals surface area contributed by atoms with Crippen LogP contribution in [0.4, 0.5) is 4.39 Å². The first kappa shape index (κ1) is 13.5. The first-order valence-electron chi connectivity index (χ1n) is 6.68. The lowest BCUT2D eigenvalue weighted by Gasteiger charge is -2.24. The molecule has 0 amide bonds. The van der Waals surface area contributed by atoms with Gasteiger partial charge in [-0.1, -0.05) is 19.1 Å². The largest absolute Gasteiger partial charge is 0.384 e. The van der Waals surface area contributed by atoms with Crippen LogP contribution in [0, 0.1) is 11.7 Å². The molecule has 2 rings (SSSR count). The molecule has 100 valence electrons. The van der Waals surface area contributed by atoms with E-state index in [1.54, 1.807) is 19.2 Å². The molecule has 0 heterocycles. The van der Waals surface area contributed by atoms with Crippen molar-refractivity contribution in [1.29, 1.82) is 0 Å². The van der Waals surface area contributed by atoms with Crippen LogP contribution in [0.5, 0.6) is 0 Å². The molecule has 0 bridgehead atoms. The normalized spacial score (nSPS) is 18.6. The summed E-state index contributed by atoms with van der Waals surface area (Å²) in [5.74, 6) is 0.630. The maximum absolute atomic E-state index is 13.0. The average Bonchev–Trinajstić information content (AvgIpc) is 3.16.